The van der Waals surface area contributed by atoms with Gasteiger partial charge in [0, 0.05) is 5.75 Å². The molecule has 2 aromatic rings. The van der Waals surface area contributed by atoms with Crippen molar-refractivity contribution in [3.63, 3.8) is 0 Å². The van der Waals surface area contributed by atoms with Gasteiger partial charge in [0.05, 0.1) is 5.75 Å². The van der Waals surface area contributed by atoms with Crippen LogP contribution in [0.2, 0.25) is 0 Å². The number of amides is 1. The van der Waals surface area contributed by atoms with Crippen molar-refractivity contribution in [2.45, 2.75) is 5.75 Å². The van der Waals surface area contributed by atoms with E-state index in [2.05, 4.69) is 15.6 Å². The number of nitrogens with one attached hydrogen (secondary N) is 1. The van der Waals surface area contributed by atoms with Gasteiger partial charge in [0.2, 0.25) is 5.91 Å². The Balaban J connectivity index is 1.70. The standard InChI is InChI=1S/C11H12N4OS/c16-11(14-15-8-12-13-9-15)7-17-6-10-4-2-1-3-5-10/h1-5,8-9H,6-7H2,(H,14,16). The van der Waals surface area contributed by atoms with Crippen LogP contribution in [-0.2, 0) is 10.5 Å². The lowest BCUT2D eigenvalue weighted by Gasteiger charge is -2.04. The van der Waals surface area contributed by atoms with Gasteiger partial charge in [-0.2, -0.15) is 0 Å². The zero-order valence-corrected chi connectivity index (χ0v) is 9.93. The Morgan fingerprint density at radius 2 is 1.94 bits per heavy atom. The summed E-state index contributed by atoms with van der Waals surface area (Å²) in [6, 6.07) is 10.1. The molecule has 1 heterocycles. The van der Waals surface area contributed by atoms with Gasteiger partial charge >= 0.3 is 0 Å². The third-order valence-electron chi connectivity index (χ3n) is 2.02. The SMILES string of the molecule is O=C(CSCc1ccccc1)Nn1cnnc1. The maximum absolute atomic E-state index is 11.5. The van der Waals surface area contributed by atoms with Crippen LogP contribution in [0, 0.1) is 0 Å². The minimum atomic E-state index is -0.0641. The van der Waals surface area contributed by atoms with Crippen LogP contribution in [0.3, 0.4) is 0 Å². The molecule has 0 fully saturated rings. The molecule has 0 saturated heterocycles. The molecule has 0 bridgehead atoms. The highest BCUT2D eigenvalue weighted by Gasteiger charge is 2.02. The van der Waals surface area contributed by atoms with Gasteiger partial charge in [-0.3, -0.25) is 10.2 Å². The Morgan fingerprint density at radius 3 is 2.65 bits per heavy atom. The second-order valence-corrected chi connectivity index (χ2v) is 4.37. The number of thioether (sulfide) groups is 1. The monoisotopic (exact) mass is 248 g/mol. The van der Waals surface area contributed by atoms with E-state index in [0.29, 0.717) is 5.75 Å². The van der Waals surface area contributed by atoms with E-state index in [1.807, 2.05) is 30.3 Å². The fourth-order valence-corrected chi connectivity index (χ4v) is 2.05. The minimum Gasteiger partial charge on any atom is -0.272 e. The molecule has 1 aromatic carbocycles. The summed E-state index contributed by atoms with van der Waals surface area (Å²) in [5.41, 5.74) is 3.86. The summed E-state index contributed by atoms with van der Waals surface area (Å²) in [6.45, 7) is 0. The van der Waals surface area contributed by atoms with Gasteiger partial charge in [0.15, 0.2) is 0 Å². The topological polar surface area (TPSA) is 59.8 Å². The molecular weight excluding hydrogens is 236 g/mol. The van der Waals surface area contributed by atoms with Crippen molar-refractivity contribution in [1.29, 1.82) is 0 Å². The van der Waals surface area contributed by atoms with E-state index in [4.69, 9.17) is 0 Å². The Labute approximate surface area is 103 Å². The number of hydrogen-bond acceptors (Lipinski definition) is 4. The molecule has 88 valence electrons. The Morgan fingerprint density at radius 1 is 1.24 bits per heavy atom. The van der Waals surface area contributed by atoms with E-state index in [-0.39, 0.29) is 5.91 Å². The zero-order chi connectivity index (χ0) is 11.9. The second-order valence-electron chi connectivity index (χ2n) is 3.38. The van der Waals surface area contributed by atoms with Crippen LogP contribution in [0.15, 0.2) is 43.0 Å². The van der Waals surface area contributed by atoms with E-state index in [1.165, 1.54) is 22.9 Å². The third-order valence-corrected chi connectivity index (χ3v) is 3.02. The molecule has 0 atom stereocenters. The van der Waals surface area contributed by atoms with Crippen LogP contribution in [0.25, 0.3) is 0 Å². The van der Waals surface area contributed by atoms with E-state index in [9.17, 15) is 4.79 Å². The molecule has 0 saturated carbocycles. The number of hydrogen-bond donors (Lipinski definition) is 1. The molecule has 0 spiro atoms. The summed E-state index contributed by atoms with van der Waals surface area (Å²) in [5, 5.41) is 7.19. The molecule has 1 aromatic heterocycles. The number of nitrogens with zero attached hydrogens (tertiary/aromatic N) is 3. The number of carbonyl (C=O) groups excluding carboxylic acids is 1. The number of aromatic nitrogens is 3. The van der Waals surface area contributed by atoms with Crippen LogP contribution < -0.4 is 5.43 Å². The van der Waals surface area contributed by atoms with Gasteiger partial charge in [0.25, 0.3) is 0 Å². The van der Waals surface area contributed by atoms with Gasteiger partial charge in [-0.1, -0.05) is 30.3 Å². The van der Waals surface area contributed by atoms with Crippen LogP contribution in [0.5, 0.6) is 0 Å². The minimum absolute atomic E-state index is 0.0641. The lowest BCUT2D eigenvalue weighted by Crippen LogP contribution is -2.23. The maximum Gasteiger partial charge on any atom is 0.248 e. The lowest BCUT2D eigenvalue weighted by atomic mass is 10.2. The van der Waals surface area contributed by atoms with E-state index in [0.717, 1.165) is 5.75 Å². The van der Waals surface area contributed by atoms with Crippen molar-refractivity contribution in [2.24, 2.45) is 0 Å². The van der Waals surface area contributed by atoms with E-state index < -0.39 is 0 Å². The summed E-state index contributed by atoms with van der Waals surface area (Å²) in [7, 11) is 0. The van der Waals surface area contributed by atoms with Crippen molar-refractivity contribution < 1.29 is 4.79 Å². The Kier molecular flexibility index (Phi) is 4.15. The molecule has 5 nitrogen and oxygen atoms in total. The van der Waals surface area contributed by atoms with Crippen molar-refractivity contribution >= 4 is 17.7 Å². The molecule has 17 heavy (non-hydrogen) atoms. The molecule has 0 aliphatic rings. The molecular formula is C11H12N4OS. The Bertz CT molecular complexity index is 458. The molecule has 1 amide bonds. The average molecular weight is 248 g/mol. The van der Waals surface area contributed by atoms with Crippen molar-refractivity contribution in [3.8, 4) is 0 Å². The normalized spacial score (nSPS) is 10.1. The first-order valence-electron chi connectivity index (χ1n) is 5.11. The van der Waals surface area contributed by atoms with Gasteiger partial charge in [-0.05, 0) is 5.56 Å². The third kappa shape index (κ3) is 3.92. The summed E-state index contributed by atoms with van der Waals surface area (Å²) in [6.07, 6.45) is 2.89. The highest BCUT2D eigenvalue weighted by Crippen LogP contribution is 2.10. The first kappa shape index (κ1) is 11.7. The van der Waals surface area contributed by atoms with Crippen molar-refractivity contribution in [3.05, 3.63) is 48.5 Å². The average Bonchev–Trinajstić information content (AvgIpc) is 2.83. The largest absolute Gasteiger partial charge is 0.272 e. The van der Waals surface area contributed by atoms with E-state index in [1.54, 1.807) is 11.8 Å². The fraction of sp³-hybridized carbons (Fsp3) is 0.182. The summed E-state index contributed by atoms with van der Waals surface area (Å²) >= 11 is 1.57. The second kappa shape index (κ2) is 6.05. The van der Waals surface area contributed by atoms with Gasteiger partial charge in [0.1, 0.15) is 12.7 Å². The van der Waals surface area contributed by atoms with Crippen LogP contribution >= 0.6 is 11.8 Å². The zero-order valence-electron chi connectivity index (χ0n) is 9.11. The van der Waals surface area contributed by atoms with Gasteiger partial charge in [-0.25, -0.2) is 4.68 Å². The lowest BCUT2D eigenvalue weighted by molar-refractivity contribution is -0.114. The number of rotatable bonds is 5. The smallest absolute Gasteiger partial charge is 0.248 e. The first-order valence-corrected chi connectivity index (χ1v) is 6.26. The summed E-state index contributed by atoms with van der Waals surface area (Å²) < 4.78 is 1.44. The summed E-state index contributed by atoms with van der Waals surface area (Å²) in [5.74, 6) is 1.18. The number of benzene rings is 1. The highest BCUT2D eigenvalue weighted by atomic mass is 32.2. The van der Waals surface area contributed by atoms with Crippen molar-refractivity contribution in [2.75, 3.05) is 11.2 Å². The van der Waals surface area contributed by atoms with Gasteiger partial charge < -0.3 is 0 Å². The molecule has 0 radical (unpaired) electrons. The van der Waals surface area contributed by atoms with Crippen molar-refractivity contribution in [1.82, 2.24) is 14.9 Å². The Hall–Kier alpha value is -1.82. The quantitative estimate of drug-likeness (QED) is 0.866. The fourth-order valence-electron chi connectivity index (χ4n) is 1.27. The molecule has 0 aliphatic carbocycles. The summed E-state index contributed by atoms with van der Waals surface area (Å²) in [4.78, 5) is 11.5. The predicted molar refractivity (Wildman–Crippen MR) is 67.0 cm³/mol. The highest BCUT2D eigenvalue weighted by molar-refractivity contribution is 7.99. The number of carbonyl (C=O) groups is 1. The first-order chi connectivity index (χ1) is 8.34. The van der Waals surface area contributed by atoms with E-state index >= 15 is 0 Å². The molecule has 1 N–H and O–H groups in total. The predicted octanol–water partition coefficient (Wildman–Crippen LogP) is 1.28. The van der Waals surface area contributed by atoms with Crippen LogP contribution in [-0.4, -0.2) is 26.5 Å². The molecule has 6 heteroatoms. The molecule has 2 rings (SSSR count). The van der Waals surface area contributed by atoms with Gasteiger partial charge in [-0.15, -0.1) is 22.0 Å². The van der Waals surface area contributed by atoms with Crippen LogP contribution in [0.1, 0.15) is 5.56 Å². The van der Waals surface area contributed by atoms with Crippen LogP contribution in [0.4, 0.5) is 0 Å². The molecule has 0 aliphatic heterocycles. The molecule has 0 unspecified atom stereocenters. The maximum atomic E-state index is 11.5.